The fourth-order valence-corrected chi connectivity index (χ4v) is 5.56. The molecule has 220 valence electrons. The first-order valence-corrected chi connectivity index (χ1v) is 15.0. The van der Waals surface area contributed by atoms with Crippen molar-refractivity contribution in [2.75, 3.05) is 24.2 Å². The maximum atomic E-state index is 13.6. The molecule has 0 spiro atoms. The molecular formula is C29H31ClF3N3O4S. The van der Waals surface area contributed by atoms with Gasteiger partial charge in [-0.2, -0.15) is 13.2 Å². The Morgan fingerprint density at radius 2 is 1.61 bits per heavy atom. The van der Waals surface area contributed by atoms with Gasteiger partial charge in [0, 0.05) is 38.0 Å². The van der Waals surface area contributed by atoms with E-state index in [4.69, 9.17) is 11.6 Å². The number of amides is 2. The minimum Gasteiger partial charge on any atom is -0.357 e. The van der Waals surface area contributed by atoms with E-state index in [1.165, 1.54) is 18.0 Å². The maximum Gasteiger partial charge on any atom is 0.416 e. The number of carbonyl (C=O) groups is 2. The summed E-state index contributed by atoms with van der Waals surface area (Å²) >= 11 is 6.15. The molecule has 3 aromatic carbocycles. The zero-order valence-corrected chi connectivity index (χ0v) is 24.1. The Morgan fingerprint density at radius 1 is 0.951 bits per heavy atom. The van der Waals surface area contributed by atoms with Crippen LogP contribution in [0.4, 0.5) is 18.9 Å². The van der Waals surface area contributed by atoms with Gasteiger partial charge in [-0.1, -0.05) is 60.1 Å². The van der Waals surface area contributed by atoms with Gasteiger partial charge in [-0.15, -0.1) is 0 Å². The highest BCUT2D eigenvalue weighted by Crippen LogP contribution is 2.32. The summed E-state index contributed by atoms with van der Waals surface area (Å²) in [5.41, 5.74) is 0.381. The lowest BCUT2D eigenvalue weighted by Gasteiger charge is -2.31. The van der Waals surface area contributed by atoms with Crippen molar-refractivity contribution in [1.29, 1.82) is 0 Å². The van der Waals surface area contributed by atoms with Gasteiger partial charge in [0.25, 0.3) is 0 Å². The van der Waals surface area contributed by atoms with Gasteiger partial charge in [-0.05, 0) is 47.9 Å². The quantitative estimate of drug-likeness (QED) is 0.302. The number of alkyl halides is 3. The van der Waals surface area contributed by atoms with Crippen molar-refractivity contribution >= 4 is 39.1 Å². The van der Waals surface area contributed by atoms with Crippen LogP contribution in [-0.4, -0.2) is 51.0 Å². The molecule has 0 aliphatic carbocycles. The smallest absolute Gasteiger partial charge is 0.357 e. The molecule has 1 N–H and O–H groups in total. The Hall–Kier alpha value is -3.57. The zero-order chi connectivity index (χ0) is 30.2. The lowest BCUT2D eigenvalue weighted by atomic mass is 10.0. The van der Waals surface area contributed by atoms with Crippen molar-refractivity contribution in [2.24, 2.45) is 0 Å². The summed E-state index contributed by atoms with van der Waals surface area (Å²) < 4.78 is 65.6. The second-order valence-electron chi connectivity index (χ2n) is 9.46. The molecule has 0 bridgehead atoms. The molecule has 3 rings (SSSR count). The number of nitrogens with zero attached hydrogens (tertiary/aromatic N) is 2. The van der Waals surface area contributed by atoms with Gasteiger partial charge in [0.1, 0.15) is 6.04 Å². The van der Waals surface area contributed by atoms with E-state index in [1.807, 2.05) is 30.3 Å². The molecule has 0 aliphatic heterocycles. The van der Waals surface area contributed by atoms with Crippen LogP contribution in [0.15, 0.2) is 78.9 Å². The lowest BCUT2D eigenvalue weighted by Crippen LogP contribution is -2.49. The monoisotopic (exact) mass is 609 g/mol. The Kier molecular flexibility index (Phi) is 10.8. The number of sulfonamides is 1. The summed E-state index contributed by atoms with van der Waals surface area (Å²) in [7, 11) is -2.49. The van der Waals surface area contributed by atoms with Crippen LogP contribution < -0.4 is 9.62 Å². The average Bonchev–Trinajstić information content (AvgIpc) is 2.92. The number of hydrogen-bond donors (Lipinski definition) is 1. The Labute approximate surface area is 243 Å². The molecule has 1 unspecified atom stereocenters. The fourth-order valence-electron chi connectivity index (χ4n) is 4.39. The van der Waals surface area contributed by atoms with Gasteiger partial charge >= 0.3 is 6.18 Å². The molecule has 1 atom stereocenters. The summed E-state index contributed by atoms with van der Waals surface area (Å²) in [5, 5.41) is 3.07. The van der Waals surface area contributed by atoms with Crippen LogP contribution in [0.2, 0.25) is 5.02 Å². The molecule has 0 saturated carbocycles. The number of nitrogens with one attached hydrogen (secondary N) is 1. The Bertz CT molecular complexity index is 1450. The molecule has 41 heavy (non-hydrogen) atoms. The molecule has 12 heteroatoms. The molecule has 0 aromatic heterocycles. The minimum atomic E-state index is -4.65. The van der Waals surface area contributed by atoms with E-state index in [1.54, 1.807) is 24.3 Å². The number of benzene rings is 3. The highest BCUT2D eigenvalue weighted by molar-refractivity contribution is 7.92. The number of hydrogen-bond acceptors (Lipinski definition) is 4. The molecule has 0 fully saturated rings. The predicted molar refractivity (Wildman–Crippen MR) is 153 cm³/mol. The van der Waals surface area contributed by atoms with Crippen molar-refractivity contribution < 1.29 is 31.2 Å². The molecular weight excluding hydrogens is 579 g/mol. The largest absolute Gasteiger partial charge is 0.416 e. The molecule has 0 heterocycles. The first-order valence-electron chi connectivity index (χ1n) is 12.7. The summed E-state index contributed by atoms with van der Waals surface area (Å²) in [5.74, 6) is -0.807. The van der Waals surface area contributed by atoms with Crippen molar-refractivity contribution in [3.63, 3.8) is 0 Å². The standard InChI is InChI=1S/C29H31ClF3N3O4S/c1-34-28(38)26(18-21-9-4-3-5-10-21)35(20-22-11-6-13-24(30)17-22)27(37)15-8-16-36(41(2,39)40)25-14-7-12-23(19-25)29(31,32)33/h3-7,9-14,17,19,26H,8,15-16,18,20H2,1-2H3,(H,34,38). The van der Waals surface area contributed by atoms with E-state index < -0.39 is 33.7 Å². The van der Waals surface area contributed by atoms with E-state index in [2.05, 4.69) is 5.32 Å². The highest BCUT2D eigenvalue weighted by Gasteiger charge is 2.32. The molecule has 7 nitrogen and oxygen atoms in total. The highest BCUT2D eigenvalue weighted by atomic mass is 35.5. The third-order valence-corrected chi connectivity index (χ3v) is 7.80. The van der Waals surface area contributed by atoms with Crippen LogP contribution in [0.5, 0.6) is 0 Å². The summed E-state index contributed by atoms with van der Waals surface area (Å²) in [4.78, 5) is 28.1. The van der Waals surface area contributed by atoms with Crippen molar-refractivity contribution in [3.05, 3.63) is 101 Å². The lowest BCUT2D eigenvalue weighted by molar-refractivity contribution is -0.141. The van der Waals surface area contributed by atoms with Crippen LogP contribution in [0, 0.1) is 0 Å². The second kappa shape index (κ2) is 13.9. The molecule has 3 aromatic rings. The number of anilines is 1. The van der Waals surface area contributed by atoms with Gasteiger partial charge in [-0.3, -0.25) is 13.9 Å². The van der Waals surface area contributed by atoms with Crippen LogP contribution >= 0.6 is 11.6 Å². The summed E-state index contributed by atoms with van der Waals surface area (Å²) in [6.07, 6.45) is -3.69. The van der Waals surface area contributed by atoms with Crippen LogP contribution in [0.1, 0.15) is 29.5 Å². The van der Waals surface area contributed by atoms with Crippen molar-refractivity contribution in [3.8, 4) is 0 Å². The minimum absolute atomic E-state index is 0.00000427. The number of halogens is 4. The van der Waals surface area contributed by atoms with Crippen molar-refractivity contribution in [2.45, 2.75) is 38.0 Å². The first-order chi connectivity index (χ1) is 19.3. The van der Waals surface area contributed by atoms with Gasteiger partial charge in [0.05, 0.1) is 17.5 Å². The Balaban J connectivity index is 1.86. The van der Waals surface area contributed by atoms with Crippen LogP contribution in [0.3, 0.4) is 0 Å². The third-order valence-electron chi connectivity index (χ3n) is 6.37. The number of rotatable bonds is 12. The average molecular weight is 610 g/mol. The fraction of sp³-hybridized carbons (Fsp3) is 0.310. The molecule has 2 amide bonds. The second-order valence-corrected chi connectivity index (χ2v) is 11.8. The van der Waals surface area contributed by atoms with E-state index in [-0.39, 0.29) is 43.9 Å². The topological polar surface area (TPSA) is 86.8 Å². The number of carbonyl (C=O) groups excluding carboxylic acids is 2. The van der Waals surface area contributed by atoms with Gasteiger partial charge in [-0.25, -0.2) is 8.42 Å². The van der Waals surface area contributed by atoms with Crippen LogP contribution in [0.25, 0.3) is 0 Å². The molecule has 0 aliphatic rings. The summed E-state index contributed by atoms with van der Waals surface area (Å²) in [6.45, 7) is -0.173. The normalized spacial score (nSPS) is 12.4. The van der Waals surface area contributed by atoms with Gasteiger partial charge in [0.15, 0.2) is 0 Å². The molecule has 0 saturated heterocycles. The van der Waals surface area contributed by atoms with E-state index in [9.17, 15) is 31.2 Å². The summed E-state index contributed by atoms with van der Waals surface area (Å²) in [6, 6.07) is 19.2. The number of likely N-dealkylation sites (N-methyl/N-ethyl adjacent to an activating group) is 1. The predicted octanol–water partition coefficient (Wildman–Crippen LogP) is 5.29. The first kappa shape index (κ1) is 32.0. The van der Waals surface area contributed by atoms with Crippen LogP contribution in [-0.2, 0) is 38.8 Å². The zero-order valence-electron chi connectivity index (χ0n) is 22.6. The molecule has 0 radical (unpaired) electrons. The van der Waals surface area contributed by atoms with E-state index in [0.29, 0.717) is 10.6 Å². The Morgan fingerprint density at radius 3 is 2.22 bits per heavy atom. The SMILES string of the molecule is CNC(=O)C(Cc1ccccc1)N(Cc1cccc(Cl)c1)C(=O)CCCN(c1cccc(C(F)(F)F)c1)S(C)(=O)=O. The van der Waals surface area contributed by atoms with Gasteiger partial charge < -0.3 is 10.2 Å². The van der Waals surface area contributed by atoms with E-state index >= 15 is 0 Å². The third kappa shape index (κ3) is 9.22. The van der Waals surface area contributed by atoms with E-state index in [0.717, 1.165) is 34.3 Å². The maximum absolute atomic E-state index is 13.6. The van der Waals surface area contributed by atoms with Gasteiger partial charge in [0.2, 0.25) is 21.8 Å². The van der Waals surface area contributed by atoms with Crippen molar-refractivity contribution in [1.82, 2.24) is 10.2 Å².